The van der Waals surface area contributed by atoms with Gasteiger partial charge in [-0.3, -0.25) is 9.89 Å². The van der Waals surface area contributed by atoms with Gasteiger partial charge in [0.05, 0.1) is 18.6 Å². The van der Waals surface area contributed by atoms with Crippen LogP contribution < -0.4 is 0 Å². The minimum Gasteiger partial charge on any atom is -0.328 e. The number of halogens is 1. The number of nitrogens with zero attached hydrogens (tertiary/aromatic N) is 6. The monoisotopic (exact) mass is 306 g/mol. The molecule has 10 heteroatoms. The smallest absolute Gasteiger partial charge is 0.275 e. The Morgan fingerprint density at radius 3 is 2.95 bits per heavy atom. The van der Waals surface area contributed by atoms with Gasteiger partial charge in [0.1, 0.15) is 5.10 Å². The molecule has 2 rings (SSSR count). The lowest BCUT2D eigenvalue weighted by molar-refractivity contribution is -0.486. The van der Waals surface area contributed by atoms with Gasteiger partial charge in [-0.1, -0.05) is 11.6 Å². The van der Waals surface area contributed by atoms with Crippen molar-refractivity contribution in [2.45, 2.75) is 10.1 Å². The Morgan fingerprint density at radius 2 is 2.37 bits per heavy atom. The molecule has 8 nitrogen and oxygen atoms in total. The quantitative estimate of drug-likeness (QED) is 0.324. The molecule has 2 aliphatic rings. The van der Waals surface area contributed by atoms with Crippen LogP contribution in [0.15, 0.2) is 10.1 Å². The Balaban J connectivity index is 2.09. The topological polar surface area (TPSA) is 77.6 Å². The van der Waals surface area contributed by atoms with Crippen molar-refractivity contribution in [3.63, 3.8) is 0 Å². The van der Waals surface area contributed by atoms with E-state index < -0.39 is 5.03 Å². The lowest BCUT2D eigenvalue weighted by Gasteiger charge is -2.40. The lowest BCUT2D eigenvalue weighted by atomic mass is 10.4. The van der Waals surface area contributed by atoms with Crippen molar-refractivity contribution in [2.24, 2.45) is 10.1 Å². The van der Waals surface area contributed by atoms with E-state index >= 15 is 0 Å². The number of hydrogen-bond donors (Lipinski definition) is 0. The van der Waals surface area contributed by atoms with Crippen LogP contribution in [-0.4, -0.2) is 76.0 Å². The molecule has 0 bridgehead atoms. The Kier molecular flexibility index (Phi) is 4.48. The van der Waals surface area contributed by atoms with Crippen LogP contribution in [0.4, 0.5) is 0 Å². The van der Waals surface area contributed by atoms with E-state index in [0.717, 1.165) is 0 Å². The maximum Gasteiger partial charge on any atom is 0.275 e. The predicted octanol–water partition coefficient (Wildman–Crippen LogP) is 0.337. The van der Waals surface area contributed by atoms with Gasteiger partial charge >= 0.3 is 0 Å². The molecule has 0 aromatic heterocycles. The zero-order valence-electron chi connectivity index (χ0n) is 10.6. The van der Waals surface area contributed by atoms with E-state index in [9.17, 15) is 10.1 Å². The zero-order valence-corrected chi connectivity index (χ0v) is 12.2. The Hall–Kier alpha value is -1.06. The number of hydrogen-bond acceptors (Lipinski definition) is 5. The van der Waals surface area contributed by atoms with Crippen molar-refractivity contribution < 1.29 is 5.03 Å². The molecule has 0 aromatic rings. The molecular weight excluding hydrogens is 292 g/mol. The standard InChI is InChI=1S/C9H15ClN6O2S/c1-13-5-14(2)9(12-16(17)18)15(6-13)4-7-3-11-8(10)19-7/h3,7-8H,4-6H2,1-2H3. The minimum absolute atomic E-state index is 0.124. The van der Waals surface area contributed by atoms with Gasteiger partial charge in [-0.05, 0) is 7.05 Å². The second-order valence-electron chi connectivity index (χ2n) is 4.46. The lowest BCUT2D eigenvalue weighted by Crippen LogP contribution is -2.57. The number of aliphatic imine (C=N–C) groups is 1. The molecule has 0 amide bonds. The van der Waals surface area contributed by atoms with E-state index in [2.05, 4.69) is 10.1 Å². The van der Waals surface area contributed by atoms with E-state index in [1.54, 1.807) is 18.2 Å². The van der Waals surface area contributed by atoms with E-state index in [4.69, 9.17) is 11.6 Å². The first-order valence-electron chi connectivity index (χ1n) is 5.66. The molecule has 2 atom stereocenters. The molecule has 106 valence electrons. The first-order chi connectivity index (χ1) is 8.95. The van der Waals surface area contributed by atoms with E-state index in [0.29, 0.717) is 25.8 Å². The van der Waals surface area contributed by atoms with Gasteiger partial charge in [0.15, 0.2) is 9.87 Å². The van der Waals surface area contributed by atoms with Crippen LogP contribution in [-0.2, 0) is 0 Å². The number of hydrazone groups is 1. The van der Waals surface area contributed by atoms with Gasteiger partial charge in [-0.15, -0.1) is 11.8 Å². The average molecular weight is 307 g/mol. The SMILES string of the molecule is CN1CN(C)C(=N[N+](=O)[O-])N(CC2C=NC(Cl)S2)C1. The number of alkyl halides is 1. The Bertz CT molecular complexity index is 420. The van der Waals surface area contributed by atoms with Gasteiger partial charge in [0.2, 0.25) is 0 Å². The van der Waals surface area contributed by atoms with Gasteiger partial charge in [-0.25, -0.2) is 10.1 Å². The summed E-state index contributed by atoms with van der Waals surface area (Å²) in [7, 11) is 3.73. The molecule has 0 radical (unpaired) electrons. The van der Waals surface area contributed by atoms with Gasteiger partial charge in [0, 0.05) is 19.8 Å². The van der Waals surface area contributed by atoms with Crippen LogP contribution in [0.1, 0.15) is 0 Å². The second kappa shape index (κ2) is 5.93. The van der Waals surface area contributed by atoms with E-state index in [1.165, 1.54) is 11.8 Å². The average Bonchev–Trinajstić information content (AvgIpc) is 2.69. The van der Waals surface area contributed by atoms with Gasteiger partial charge < -0.3 is 9.80 Å². The molecule has 2 aliphatic heterocycles. The van der Waals surface area contributed by atoms with Crippen molar-refractivity contribution in [1.29, 1.82) is 0 Å². The first-order valence-corrected chi connectivity index (χ1v) is 7.04. The summed E-state index contributed by atoms with van der Waals surface area (Å²) in [6.07, 6.45) is 1.79. The zero-order chi connectivity index (χ0) is 14.0. The van der Waals surface area contributed by atoms with E-state index in [1.807, 2.05) is 16.8 Å². The highest BCUT2D eigenvalue weighted by Crippen LogP contribution is 2.28. The summed E-state index contributed by atoms with van der Waals surface area (Å²) in [6.45, 7) is 1.79. The summed E-state index contributed by atoms with van der Waals surface area (Å²) < 4.78 is 0. The Labute approximate surface area is 120 Å². The number of rotatable bonds is 3. The molecule has 0 aromatic carbocycles. The number of nitro groups is 1. The maximum absolute atomic E-state index is 10.6. The molecule has 0 spiro atoms. The third-order valence-electron chi connectivity index (χ3n) is 2.72. The van der Waals surface area contributed by atoms with Crippen LogP contribution in [0.5, 0.6) is 0 Å². The molecule has 1 saturated heterocycles. The molecule has 19 heavy (non-hydrogen) atoms. The summed E-state index contributed by atoms with van der Waals surface area (Å²) in [5.74, 6) is 0.370. The molecule has 0 N–H and O–H groups in total. The van der Waals surface area contributed by atoms with Crippen LogP contribution >= 0.6 is 23.4 Å². The highest BCUT2D eigenvalue weighted by Gasteiger charge is 2.30. The van der Waals surface area contributed by atoms with Crippen molar-refractivity contribution in [2.75, 3.05) is 34.0 Å². The third kappa shape index (κ3) is 3.71. The predicted molar refractivity (Wildman–Crippen MR) is 75.9 cm³/mol. The summed E-state index contributed by atoms with van der Waals surface area (Å²) in [4.78, 5) is 20.1. The first kappa shape index (κ1) is 14.4. The Morgan fingerprint density at radius 1 is 1.63 bits per heavy atom. The largest absolute Gasteiger partial charge is 0.328 e. The number of thioether (sulfide) groups is 1. The molecule has 2 heterocycles. The molecule has 0 aliphatic carbocycles. The van der Waals surface area contributed by atoms with Crippen LogP contribution in [0, 0.1) is 10.1 Å². The van der Waals surface area contributed by atoms with Crippen molar-refractivity contribution in [1.82, 2.24) is 14.7 Å². The maximum atomic E-state index is 10.6. The van der Waals surface area contributed by atoms with Crippen LogP contribution in [0.2, 0.25) is 0 Å². The van der Waals surface area contributed by atoms with Crippen molar-refractivity contribution >= 4 is 35.5 Å². The van der Waals surface area contributed by atoms with E-state index in [-0.39, 0.29) is 10.1 Å². The summed E-state index contributed by atoms with van der Waals surface area (Å²) >= 11 is 7.41. The normalized spacial score (nSPS) is 30.4. The highest BCUT2D eigenvalue weighted by atomic mass is 35.5. The molecule has 2 unspecified atom stereocenters. The fourth-order valence-corrected chi connectivity index (χ4v) is 3.40. The van der Waals surface area contributed by atoms with Gasteiger partial charge in [0.25, 0.3) is 5.96 Å². The fraction of sp³-hybridized carbons (Fsp3) is 0.778. The molecule has 0 saturated carbocycles. The second-order valence-corrected chi connectivity index (χ2v) is 6.46. The molecular formula is C9H15ClN6O2S. The van der Waals surface area contributed by atoms with Crippen molar-refractivity contribution in [3.8, 4) is 0 Å². The summed E-state index contributed by atoms with van der Waals surface area (Å²) in [6, 6.07) is 0. The third-order valence-corrected chi connectivity index (χ3v) is 4.11. The molecule has 1 fully saturated rings. The van der Waals surface area contributed by atoms with Crippen LogP contribution in [0.3, 0.4) is 0 Å². The van der Waals surface area contributed by atoms with Crippen LogP contribution in [0.25, 0.3) is 0 Å². The summed E-state index contributed by atoms with van der Waals surface area (Å²) in [5.41, 5.74) is 0. The summed E-state index contributed by atoms with van der Waals surface area (Å²) in [5, 5.41) is 13.6. The minimum atomic E-state index is -0.662. The van der Waals surface area contributed by atoms with Crippen molar-refractivity contribution in [3.05, 3.63) is 10.1 Å². The fourth-order valence-electron chi connectivity index (χ4n) is 2.10. The highest BCUT2D eigenvalue weighted by molar-refractivity contribution is 8.02. The number of guanidine groups is 1. The van der Waals surface area contributed by atoms with Gasteiger partial charge in [-0.2, -0.15) is 0 Å².